The summed E-state index contributed by atoms with van der Waals surface area (Å²) < 4.78 is 11.2. The van der Waals surface area contributed by atoms with Crippen LogP contribution in [-0.4, -0.2) is 17.6 Å². The predicted molar refractivity (Wildman–Crippen MR) is 68.2 cm³/mol. The van der Waals surface area contributed by atoms with Crippen LogP contribution in [0.3, 0.4) is 0 Å². The quantitative estimate of drug-likeness (QED) is 0.811. The largest absolute Gasteiger partial charge is 0.461 e. The van der Waals surface area contributed by atoms with Crippen molar-refractivity contribution in [3.8, 4) is 10.6 Å². The molecule has 0 fully saturated rings. The van der Waals surface area contributed by atoms with Crippen LogP contribution in [0.5, 0.6) is 0 Å². The number of aromatic nitrogens is 1. The number of hydrogen-bond acceptors (Lipinski definition) is 5. The van der Waals surface area contributed by atoms with E-state index < -0.39 is 5.97 Å². The van der Waals surface area contributed by atoms with Gasteiger partial charge in [0.2, 0.25) is 0 Å². The molecule has 0 atom stereocenters. The Hall–Kier alpha value is -1.14. The molecule has 0 aliphatic heterocycles. The molecule has 0 aromatic carbocycles. The van der Waals surface area contributed by atoms with Crippen molar-refractivity contribution in [1.82, 2.24) is 4.98 Å². The molecule has 0 amide bonds. The molecule has 2 rings (SSSR count). The van der Waals surface area contributed by atoms with E-state index in [1.165, 1.54) is 17.7 Å². The standard InChI is InChI=1S/C11H10BrNO3S/c1-3-15-11(14)8-9(16-5-13-8)7-4-6(2)10(12)17-7/h4-5H,3H2,1-2H3. The number of rotatable bonds is 3. The molecule has 0 radical (unpaired) electrons. The molecule has 0 spiro atoms. The third kappa shape index (κ3) is 2.42. The fourth-order valence-electron chi connectivity index (χ4n) is 1.34. The fraction of sp³-hybridized carbons (Fsp3) is 0.273. The van der Waals surface area contributed by atoms with E-state index in [-0.39, 0.29) is 5.69 Å². The van der Waals surface area contributed by atoms with Crippen molar-refractivity contribution in [2.24, 2.45) is 0 Å². The van der Waals surface area contributed by atoms with Crippen LogP contribution in [0.2, 0.25) is 0 Å². The molecule has 0 unspecified atom stereocenters. The van der Waals surface area contributed by atoms with Crippen LogP contribution in [0.25, 0.3) is 10.6 Å². The minimum atomic E-state index is -0.460. The van der Waals surface area contributed by atoms with Crippen LogP contribution >= 0.6 is 27.3 Å². The number of thiophene rings is 1. The smallest absolute Gasteiger partial charge is 0.361 e. The first-order valence-electron chi connectivity index (χ1n) is 5.00. The van der Waals surface area contributed by atoms with E-state index >= 15 is 0 Å². The number of nitrogens with zero attached hydrogens (tertiary/aromatic N) is 1. The fourth-order valence-corrected chi connectivity index (χ4v) is 2.86. The van der Waals surface area contributed by atoms with E-state index in [9.17, 15) is 4.79 Å². The summed E-state index contributed by atoms with van der Waals surface area (Å²) in [5, 5.41) is 0. The average Bonchev–Trinajstić information content (AvgIpc) is 2.87. The highest BCUT2D eigenvalue weighted by molar-refractivity contribution is 9.11. The molecule has 0 aliphatic carbocycles. The number of halogens is 1. The van der Waals surface area contributed by atoms with Crippen molar-refractivity contribution in [1.29, 1.82) is 0 Å². The summed E-state index contributed by atoms with van der Waals surface area (Å²) in [6.45, 7) is 4.05. The van der Waals surface area contributed by atoms with E-state index in [4.69, 9.17) is 9.15 Å². The molecule has 2 heterocycles. The minimum absolute atomic E-state index is 0.223. The Bertz CT molecular complexity index is 527. The van der Waals surface area contributed by atoms with Gasteiger partial charge in [0.05, 0.1) is 15.3 Å². The zero-order valence-corrected chi connectivity index (χ0v) is 11.7. The maximum Gasteiger partial charge on any atom is 0.361 e. The van der Waals surface area contributed by atoms with E-state index in [1.54, 1.807) is 6.92 Å². The Morgan fingerprint density at radius 2 is 2.41 bits per heavy atom. The van der Waals surface area contributed by atoms with Gasteiger partial charge in [-0.15, -0.1) is 11.3 Å². The molecule has 0 saturated carbocycles. The highest BCUT2D eigenvalue weighted by atomic mass is 79.9. The third-order valence-electron chi connectivity index (χ3n) is 2.12. The van der Waals surface area contributed by atoms with Crippen molar-refractivity contribution in [2.45, 2.75) is 13.8 Å². The normalized spacial score (nSPS) is 10.5. The van der Waals surface area contributed by atoms with E-state index in [0.717, 1.165) is 14.2 Å². The number of carbonyl (C=O) groups is 1. The lowest BCUT2D eigenvalue weighted by Gasteiger charge is -1.98. The molecule has 17 heavy (non-hydrogen) atoms. The van der Waals surface area contributed by atoms with Gasteiger partial charge in [-0.05, 0) is 41.4 Å². The van der Waals surface area contributed by atoms with Crippen LogP contribution < -0.4 is 0 Å². The van der Waals surface area contributed by atoms with Crippen LogP contribution in [-0.2, 0) is 4.74 Å². The van der Waals surface area contributed by atoms with Gasteiger partial charge in [-0.25, -0.2) is 9.78 Å². The first-order chi connectivity index (χ1) is 8.13. The highest BCUT2D eigenvalue weighted by Gasteiger charge is 2.21. The Labute approximate surface area is 111 Å². The van der Waals surface area contributed by atoms with Gasteiger partial charge in [0, 0.05) is 0 Å². The zero-order valence-electron chi connectivity index (χ0n) is 9.32. The van der Waals surface area contributed by atoms with Crippen molar-refractivity contribution < 1.29 is 13.9 Å². The monoisotopic (exact) mass is 315 g/mol. The topological polar surface area (TPSA) is 52.3 Å². The first kappa shape index (κ1) is 12.3. The van der Waals surface area contributed by atoms with Gasteiger partial charge in [0.15, 0.2) is 17.8 Å². The van der Waals surface area contributed by atoms with Crippen molar-refractivity contribution in [2.75, 3.05) is 6.61 Å². The molecular weight excluding hydrogens is 306 g/mol. The number of aryl methyl sites for hydroxylation is 1. The molecule has 2 aromatic heterocycles. The molecule has 2 aromatic rings. The molecule has 90 valence electrons. The third-order valence-corrected chi connectivity index (χ3v) is 4.25. The predicted octanol–water partition coefficient (Wildman–Crippen LogP) is 3.65. The number of hydrogen-bond donors (Lipinski definition) is 0. The second-order valence-electron chi connectivity index (χ2n) is 3.32. The van der Waals surface area contributed by atoms with Crippen LogP contribution in [0.15, 0.2) is 20.7 Å². The lowest BCUT2D eigenvalue weighted by Crippen LogP contribution is -2.06. The number of ether oxygens (including phenoxy) is 1. The summed E-state index contributed by atoms with van der Waals surface area (Å²) in [6, 6.07) is 1.94. The summed E-state index contributed by atoms with van der Waals surface area (Å²) in [5.74, 6) is 0.000625. The first-order valence-corrected chi connectivity index (χ1v) is 6.61. The molecule has 0 bridgehead atoms. The summed E-state index contributed by atoms with van der Waals surface area (Å²) in [6.07, 6.45) is 1.25. The summed E-state index contributed by atoms with van der Waals surface area (Å²) in [4.78, 5) is 16.4. The number of oxazole rings is 1. The Kier molecular flexibility index (Phi) is 3.63. The summed E-state index contributed by atoms with van der Waals surface area (Å²) in [5.41, 5.74) is 1.32. The highest BCUT2D eigenvalue weighted by Crippen LogP contribution is 2.36. The lowest BCUT2D eigenvalue weighted by atomic mass is 10.2. The van der Waals surface area contributed by atoms with E-state index in [0.29, 0.717) is 12.4 Å². The maximum absolute atomic E-state index is 11.6. The Balaban J connectivity index is 2.40. The van der Waals surface area contributed by atoms with Crippen molar-refractivity contribution in [3.05, 3.63) is 27.5 Å². The maximum atomic E-state index is 11.6. The van der Waals surface area contributed by atoms with Crippen molar-refractivity contribution in [3.63, 3.8) is 0 Å². The molecule has 0 saturated heterocycles. The van der Waals surface area contributed by atoms with Gasteiger partial charge in [-0.1, -0.05) is 0 Å². The molecule has 4 nitrogen and oxygen atoms in total. The second kappa shape index (κ2) is 5.01. The summed E-state index contributed by atoms with van der Waals surface area (Å²) >= 11 is 4.93. The van der Waals surface area contributed by atoms with Gasteiger partial charge >= 0.3 is 5.97 Å². The average molecular weight is 316 g/mol. The Morgan fingerprint density at radius 3 is 3.00 bits per heavy atom. The molecular formula is C11H10BrNO3S. The number of esters is 1. The van der Waals surface area contributed by atoms with Gasteiger partial charge in [0.1, 0.15) is 0 Å². The second-order valence-corrected chi connectivity index (χ2v) is 5.69. The minimum Gasteiger partial charge on any atom is -0.461 e. The van der Waals surface area contributed by atoms with E-state index in [2.05, 4.69) is 20.9 Å². The molecule has 0 aliphatic rings. The lowest BCUT2D eigenvalue weighted by molar-refractivity contribution is 0.0520. The molecule has 6 heteroatoms. The summed E-state index contributed by atoms with van der Waals surface area (Å²) in [7, 11) is 0. The van der Waals surface area contributed by atoms with Gasteiger partial charge in [-0.2, -0.15) is 0 Å². The van der Waals surface area contributed by atoms with E-state index in [1.807, 2.05) is 13.0 Å². The van der Waals surface area contributed by atoms with Crippen LogP contribution in [0.1, 0.15) is 23.0 Å². The van der Waals surface area contributed by atoms with Gasteiger partial charge in [0.25, 0.3) is 0 Å². The van der Waals surface area contributed by atoms with Gasteiger partial charge in [-0.3, -0.25) is 0 Å². The van der Waals surface area contributed by atoms with Crippen LogP contribution in [0.4, 0.5) is 0 Å². The number of carbonyl (C=O) groups excluding carboxylic acids is 1. The zero-order chi connectivity index (χ0) is 12.4. The molecule has 0 N–H and O–H groups in total. The van der Waals surface area contributed by atoms with Crippen LogP contribution in [0, 0.1) is 6.92 Å². The van der Waals surface area contributed by atoms with Crippen molar-refractivity contribution >= 4 is 33.2 Å². The van der Waals surface area contributed by atoms with Gasteiger partial charge < -0.3 is 9.15 Å². The Morgan fingerprint density at radius 1 is 1.65 bits per heavy atom. The SMILES string of the molecule is CCOC(=O)c1ncoc1-c1cc(C)c(Br)s1.